The second-order valence-electron chi connectivity index (χ2n) is 7.13. The van der Waals surface area contributed by atoms with E-state index >= 15 is 0 Å². The van der Waals surface area contributed by atoms with Gasteiger partial charge >= 0.3 is 0 Å². The van der Waals surface area contributed by atoms with Crippen LogP contribution in [-0.2, 0) is 25.0 Å². The first-order chi connectivity index (χ1) is 14.6. The maximum Gasteiger partial charge on any atom is 0.267 e. The summed E-state index contributed by atoms with van der Waals surface area (Å²) in [6, 6.07) is 7.27. The molecule has 0 N–H and O–H groups in total. The lowest BCUT2D eigenvalue weighted by atomic mass is 9.97. The number of aryl methyl sites for hydroxylation is 3. The molecule has 1 aromatic carbocycles. The lowest BCUT2D eigenvalue weighted by Crippen LogP contribution is -2.22. The molecule has 0 fully saturated rings. The largest absolute Gasteiger partial charge is 0.424 e. The van der Waals surface area contributed by atoms with Crippen molar-refractivity contribution in [1.82, 2.24) is 19.7 Å². The van der Waals surface area contributed by atoms with E-state index in [0.717, 1.165) is 35.2 Å². The zero-order valence-corrected chi connectivity index (χ0v) is 18.7. The topological polar surface area (TPSA) is 73.8 Å². The molecule has 0 spiro atoms. The minimum absolute atomic E-state index is 0.0241. The highest BCUT2D eigenvalue weighted by molar-refractivity contribution is 7.98. The highest BCUT2D eigenvalue weighted by Crippen LogP contribution is 2.35. The Labute approximate surface area is 186 Å². The minimum Gasteiger partial charge on any atom is -0.424 e. The number of nitrogens with zero attached hydrogens (tertiary/aromatic N) is 4. The molecule has 0 aliphatic heterocycles. The Bertz CT molecular complexity index is 1280. The van der Waals surface area contributed by atoms with Gasteiger partial charge in [0.05, 0.1) is 16.8 Å². The van der Waals surface area contributed by atoms with E-state index in [2.05, 4.69) is 10.2 Å². The van der Waals surface area contributed by atoms with Crippen LogP contribution < -0.4 is 5.56 Å². The molecule has 0 saturated carbocycles. The normalized spacial score (nSPS) is 13.7. The zero-order chi connectivity index (χ0) is 20.7. The molecule has 3 aromatic heterocycles. The number of halogens is 1. The summed E-state index contributed by atoms with van der Waals surface area (Å²) in [4.78, 5) is 20.7. The van der Waals surface area contributed by atoms with Gasteiger partial charge in [-0.15, -0.1) is 21.5 Å². The summed E-state index contributed by atoms with van der Waals surface area (Å²) in [5.41, 5.74) is 1.91. The van der Waals surface area contributed by atoms with Crippen molar-refractivity contribution >= 4 is 44.9 Å². The minimum atomic E-state index is -0.0241. The third-order valence-corrected chi connectivity index (χ3v) is 7.54. The second-order valence-corrected chi connectivity index (χ2v) is 9.60. The van der Waals surface area contributed by atoms with Crippen LogP contribution in [0.5, 0.6) is 0 Å². The molecule has 1 aliphatic carbocycles. The van der Waals surface area contributed by atoms with Gasteiger partial charge in [0, 0.05) is 16.3 Å². The van der Waals surface area contributed by atoms with Gasteiger partial charge in [0.15, 0.2) is 5.16 Å². The van der Waals surface area contributed by atoms with Crippen LogP contribution in [0.15, 0.2) is 38.6 Å². The Hall–Kier alpha value is -2.16. The van der Waals surface area contributed by atoms with Crippen LogP contribution in [0.2, 0.25) is 5.02 Å². The molecule has 0 bridgehead atoms. The van der Waals surface area contributed by atoms with Crippen molar-refractivity contribution in [3.05, 3.63) is 61.9 Å². The number of thioether (sulfide) groups is 1. The molecule has 0 amide bonds. The zero-order valence-electron chi connectivity index (χ0n) is 16.4. The van der Waals surface area contributed by atoms with Crippen molar-refractivity contribution in [3.63, 3.8) is 0 Å². The lowest BCUT2D eigenvalue weighted by molar-refractivity contribution is 0.469. The van der Waals surface area contributed by atoms with E-state index < -0.39 is 0 Å². The first-order valence-corrected chi connectivity index (χ1v) is 12.1. The Morgan fingerprint density at radius 3 is 2.70 bits per heavy atom. The van der Waals surface area contributed by atoms with E-state index in [1.807, 2.05) is 19.1 Å². The number of fused-ring (bicyclic) bond motifs is 3. The Morgan fingerprint density at radius 1 is 1.17 bits per heavy atom. The third-order valence-electron chi connectivity index (χ3n) is 5.18. The lowest BCUT2D eigenvalue weighted by Gasteiger charge is -2.13. The van der Waals surface area contributed by atoms with Crippen LogP contribution in [0.4, 0.5) is 0 Å². The van der Waals surface area contributed by atoms with Crippen LogP contribution >= 0.6 is 34.7 Å². The van der Waals surface area contributed by atoms with Crippen molar-refractivity contribution in [1.29, 1.82) is 0 Å². The predicted molar refractivity (Wildman–Crippen MR) is 120 cm³/mol. The molecule has 4 aromatic rings. The quantitative estimate of drug-likeness (QED) is 0.301. The summed E-state index contributed by atoms with van der Waals surface area (Å²) in [5.74, 6) is 1.58. The fourth-order valence-electron chi connectivity index (χ4n) is 3.72. The molecule has 0 atom stereocenters. The van der Waals surface area contributed by atoms with E-state index in [1.54, 1.807) is 28.0 Å². The van der Waals surface area contributed by atoms with Gasteiger partial charge in [-0.3, -0.25) is 9.36 Å². The second kappa shape index (κ2) is 8.17. The van der Waals surface area contributed by atoms with E-state index in [-0.39, 0.29) is 5.56 Å². The fraction of sp³-hybridized carbons (Fsp3) is 0.333. The van der Waals surface area contributed by atoms with Gasteiger partial charge in [0.25, 0.3) is 5.56 Å². The number of benzene rings is 1. The SMILES string of the molecule is CCc1nnc(CSc2nc3sc4c(c3c(=O)n2-c2ccc(Cl)cc2)CCCC4)o1. The number of aromatic nitrogens is 4. The highest BCUT2D eigenvalue weighted by Gasteiger charge is 2.23. The molecule has 0 radical (unpaired) electrons. The maximum atomic E-state index is 13.7. The molecule has 6 nitrogen and oxygen atoms in total. The summed E-state index contributed by atoms with van der Waals surface area (Å²) in [7, 11) is 0. The standard InChI is InChI=1S/C21H19ClN4O2S2/c1-2-16-24-25-17(28-16)11-29-21-23-19-18(14-5-3-4-6-15(14)30-19)20(27)26(21)13-9-7-12(22)8-10-13/h7-10H,2-6,11H2,1H3. The van der Waals surface area contributed by atoms with Crippen LogP contribution in [0.1, 0.15) is 42.0 Å². The van der Waals surface area contributed by atoms with E-state index in [1.165, 1.54) is 28.6 Å². The fourth-order valence-corrected chi connectivity index (χ4v) is 5.99. The first kappa shape index (κ1) is 19.8. The number of hydrogen-bond acceptors (Lipinski definition) is 7. The molecular formula is C21H19ClN4O2S2. The van der Waals surface area contributed by atoms with Crippen molar-refractivity contribution in [3.8, 4) is 5.69 Å². The molecule has 154 valence electrons. The van der Waals surface area contributed by atoms with Crippen molar-refractivity contribution in [2.45, 2.75) is 49.9 Å². The molecule has 3 heterocycles. The summed E-state index contributed by atoms with van der Waals surface area (Å²) < 4.78 is 7.31. The highest BCUT2D eigenvalue weighted by atomic mass is 35.5. The Morgan fingerprint density at radius 2 is 1.93 bits per heavy atom. The molecule has 9 heteroatoms. The van der Waals surface area contributed by atoms with Gasteiger partial charge in [-0.1, -0.05) is 30.3 Å². The third kappa shape index (κ3) is 3.57. The van der Waals surface area contributed by atoms with Gasteiger partial charge in [-0.05, 0) is 55.5 Å². The smallest absolute Gasteiger partial charge is 0.267 e. The summed E-state index contributed by atoms with van der Waals surface area (Å²) in [5, 5.41) is 10.1. The van der Waals surface area contributed by atoms with E-state index in [4.69, 9.17) is 21.0 Å². The molecule has 30 heavy (non-hydrogen) atoms. The van der Waals surface area contributed by atoms with Gasteiger partial charge < -0.3 is 4.42 Å². The van der Waals surface area contributed by atoms with Crippen molar-refractivity contribution < 1.29 is 4.42 Å². The van der Waals surface area contributed by atoms with Crippen LogP contribution in [-0.4, -0.2) is 19.7 Å². The molecule has 1 aliphatic rings. The van der Waals surface area contributed by atoms with Crippen molar-refractivity contribution in [2.24, 2.45) is 0 Å². The van der Waals surface area contributed by atoms with Crippen LogP contribution in [0, 0.1) is 0 Å². The predicted octanol–water partition coefficient (Wildman–Crippen LogP) is 5.22. The number of thiophene rings is 1. The average Bonchev–Trinajstić information content (AvgIpc) is 3.37. The molecule has 0 saturated heterocycles. The monoisotopic (exact) mass is 458 g/mol. The van der Waals surface area contributed by atoms with E-state index in [9.17, 15) is 4.79 Å². The van der Waals surface area contributed by atoms with Crippen LogP contribution in [0.3, 0.4) is 0 Å². The first-order valence-electron chi connectivity index (χ1n) is 9.91. The summed E-state index contributed by atoms with van der Waals surface area (Å²) in [6.45, 7) is 1.97. The average molecular weight is 459 g/mol. The Kier molecular flexibility index (Phi) is 5.39. The number of hydrogen-bond donors (Lipinski definition) is 0. The maximum absolute atomic E-state index is 13.7. The van der Waals surface area contributed by atoms with Gasteiger partial charge in [-0.2, -0.15) is 0 Å². The summed E-state index contributed by atoms with van der Waals surface area (Å²) in [6.07, 6.45) is 4.95. The Balaban J connectivity index is 1.64. The van der Waals surface area contributed by atoms with Gasteiger partial charge in [0.1, 0.15) is 4.83 Å². The van der Waals surface area contributed by atoms with Crippen molar-refractivity contribution in [2.75, 3.05) is 0 Å². The summed E-state index contributed by atoms with van der Waals surface area (Å²) >= 11 is 9.15. The number of rotatable bonds is 5. The van der Waals surface area contributed by atoms with Gasteiger partial charge in [0.2, 0.25) is 11.8 Å². The molecule has 5 rings (SSSR count). The van der Waals surface area contributed by atoms with Crippen LogP contribution in [0.25, 0.3) is 15.9 Å². The molecule has 0 unspecified atom stereocenters. The van der Waals surface area contributed by atoms with E-state index in [0.29, 0.717) is 34.1 Å². The molecular weight excluding hydrogens is 440 g/mol. The van der Waals surface area contributed by atoms with Gasteiger partial charge in [-0.25, -0.2) is 4.98 Å².